The molecule has 1 aliphatic carbocycles. The molecule has 1 unspecified atom stereocenters. The first-order chi connectivity index (χ1) is 3.93. The lowest BCUT2D eigenvalue weighted by atomic mass is 10.2. The molecule has 1 atom stereocenters. The van der Waals surface area contributed by atoms with Crippen LogP contribution in [0.25, 0.3) is 0 Å². The molecule has 1 saturated carbocycles. The molecule has 1 rings (SSSR count). The van der Waals surface area contributed by atoms with Gasteiger partial charge in [0.15, 0.2) is 0 Å². The van der Waals surface area contributed by atoms with Crippen LogP contribution in [0.2, 0.25) is 0 Å². The Morgan fingerprint density at radius 2 is 2.50 bits per heavy atom. The van der Waals surface area contributed by atoms with E-state index in [2.05, 4.69) is 12.3 Å². The highest BCUT2D eigenvalue weighted by Gasteiger charge is 2.19. The van der Waals surface area contributed by atoms with E-state index in [1.807, 2.05) is 0 Å². The predicted molar refractivity (Wildman–Crippen MR) is 30.5 cm³/mol. The summed E-state index contributed by atoms with van der Waals surface area (Å²) in [6.07, 6.45) is 6.60. The maximum absolute atomic E-state index is 11.1. The first-order valence-corrected chi connectivity index (χ1v) is 2.85. The molecule has 0 bridgehead atoms. The Kier molecular flexibility index (Phi) is 1.91. The lowest BCUT2D eigenvalue weighted by Crippen LogP contribution is -1.71. The van der Waals surface area contributed by atoms with Gasteiger partial charge in [-0.25, -0.2) is 0 Å². The zero-order valence-corrected chi connectivity index (χ0v) is 4.65. The zero-order valence-electron chi connectivity index (χ0n) is 4.65. The van der Waals surface area contributed by atoms with Crippen LogP contribution in [0.15, 0.2) is 0 Å². The molecule has 1 fully saturated rings. The molecule has 0 spiro atoms. The van der Waals surface area contributed by atoms with E-state index in [0.717, 1.165) is 18.8 Å². The Bertz CT molecular complexity index is 114. The standard InChI is InChI=1S/C7H8F/c8-6-2-1-3-7-4-5-7/h4,7H,1,3,5H2. The fourth-order valence-corrected chi connectivity index (χ4v) is 0.637. The quantitative estimate of drug-likeness (QED) is 0.477. The first kappa shape index (κ1) is 5.62. The largest absolute Gasteiger partial charge is 0.144 e. The fourth-order valence-electron chi connectivity index (χ4n) is 0.637. The van der Waals surface area contributed by atoms with Gasteiger partial charge in [0.05, 0.1) is 0 Å². The minimum Gasteiger partial charge on any atom is -0.144 e. The van der Waals surface area contributed by atoms with Gasteiger partial charge in [0, 0.05) is 6.42 Å². The average Bonchev–Trinajstić information content (AvgIpc) is 2.51. The van der Waals surface area contributed by atoms with Gasteiger partial charge in [0.2, 0.25) is 0 Å². The summed E-state index contributed by atoms with van der Waals surface area (Å²) >= 11 is 0. The third-order valence-corrected chi connectivity index (χ3v) is 1.28. The van der Waals surface area contributed by atoms with Crippen LogP contribution in [0, 0.1) is 24.4 Å². The van der Waals surface area contributed by atoms with E-state index in [9.17, 15) is 4.39 Å². The van der Waals surface area contributed by atoms with E-state index in [1.165, 1.54) is 12.6 Å². The van der Waals surface area contributed by atoms with Crippen molar-refractivity contribution in [3.63, 3.8) is 0 Å². The van der Waals surface area contributed by atoms with Gasteiger partial charge in [0.1, 0.15) is 6.17 Å². The molecule has 0 nitrogen and oxygen atoms in total. The van der Waals surface area contributed by atoms with E-state index in [1.54, 1.807) is 0 Å². The molecule has 0 aliphatic heterocycles. The highest BCUT2D eigenvalue weighted by Crippen LogP contribution is 2.31. The van der Waals surface area contributed by atoms with Gasteiger partial charge < -0.3 is 0 Å². The van der Waals surface area contributed by atoms with Crippen LogP contribution < -0.4 is 0 Å². The summed E-state index contributed by atoms with van der Waals surface area (Å²) in [6.45, 7) is 0. The van der Waals surface area contributed by atoms with Gasteiger partial charge in [-0.2, -0.15) is 0 Å². The first-order valence-electron chi connectivity index (χ1n) is 2.85. The molecular formula is C7H8F. The minimum atomic E-state index is 0.720. The van der Waals surface area contributed by atoms with Gasteiger partial charge >= 0.3 is 0 Å². The molecule has 0 amide bonds. The van der Waals surface area contributed by atoms with Crippen molar-refractivity contribution >= 4 is 0 Å². The summed E-state index contributed by atoms with van der Waals surface area (Å²) in [4.78, 5) is 0. The van der Waals surface area contributed by atoms with E-state index in [0.29, 0.717) is 0 Å². The molecule has 8 heavy (non-hydrogen) atoms. The van der Waals surface area contributed by atoms with Crippen LogP contribution >= 0.6 is 0 Å². The summed E-state index contributed by atoms with van der Waals surface area (Å²) in [5, 5.41) is 0. The third kappa shape index (κ3) is 1.97. The highest BCUT2D eigenvalue weighted by molar-refractivity contribution is 4.98. The van der Waals surface area contributed by atoms with E-state index in [-0.39, 0.29) is 0 Å². The van der Waals surface area contributed by atoms with Gasteiger partial charge in [-0.15, -0.1) is 4.39 Å². The second-order valence-corrected chi connectivity index (χ2v) is 2.04. The van der Waals surface area contributed by atoms with Crippen LogP contribution in [0.3, 0.4) is 0 Å². The predicted octanol–water partition coefficient (Wildman–Crippen LogP) is 1.92. The molecule has 1 heteroatoms. The number of hydrogen-bond acceptors (Lipinski definition) is 0. The smallest absolute Gasteiger partial charge is 0.105 e. The third-order valence-electron chi connectivity index (χ3n) is 1.28. The van der Waals surface area contributed by atoms with Crippen LogP contribution in [-0.2, 0) is 0 Å². The van der Waals surface area contributed by atoms with Crippen molar-refractivity contribution < 1.29 is 4.39 Å². The van der Waals surface area contributed by atoms with Crippen LogP contribution in [0.4, 0.5) is 4.39 Å². The number of halogens is 1. The van der Waals surface area contributed by atoms with Crippen molar-refractivity contribution in [2.24, 2.45) is 5.92 Å². The Hall–Kier alpha value is -0.510. The van der Waals surface area contributed by atoms with Gasteiger partial charge in [-0.05, 0) is 25.2 Å². The lowest BCUT2D eigenvalue weighted by Gasteiger charge is -1.82. The molecule has 1 aliphatic rings. The molecule has 0 N–H and O–H groups in total. The van der Waals surface area contributed by atoms with Crippen LogP contribution in [0.1, 0.15) is 19.3 Å². The van der Waals surface area contributed by atoms with E-state index >= 15 is 0 Å². The maximum Gasteiger partial charge on any atom is 0.105 e. The Morgan fingerprint density at radius 3 is 3.00 bits per heavy atom. The van der Waals surface area contributed by atoms with Crippen molar-refractivity contribution in [2.75, 3.05) is 0 Å². The van der Waals surface area contributed by atoms with Gasteiger partial charge in [-0.3, -0.25) is 0 Å². The fraction of sp³-hybridized carbons (Fsp3) is 0.571. The van der Waals surface area contributed by atoms with Crippen LogP contribution in [-0.4, -0.2) is 0 Å². The summed E-state index contributed by atoms with van der Waals surface area (Å²) < 4.78 is 11.1. The Labute approximate surface area is 49.1 Å². The lowest BCUT2D eigenvalue weighted by molar-refractivity contribution is 0.750. The van der Waals surface area contributed by atoms with Crippen molar-refractivity contribution in [3.05, 3.63) is 6.42 Å². The van der Waals surface area contributed by atoms with Gasteiger partial charge in [0.25, 0.3) is 0 Å². The van der Waals surface area contributed by atoms with E-state index < -0.39 is 0 Å². The average molecular weight is 111 g/mol. The molecule has 43 valence electrons. The maximum atomic E-state index is 11.1. The molecule has 1 radical (unpaired) electrons. The molecule has 0 saturated heterocycles. The zero-order chi connectivity index (χ0) is 5.82. The molecule has 0 aromatic heterocycles. The highest BCUT2D eigenvalue weighted by atomic mass is 19.1. The summed E-state index contributed by atoms with van der Waals surface area (Å²) in [7, 11) is 0. The number of hydrogen-bond donors (Lipinski definition) is 0. The van der Waals surface area contributed by atoms with Crippen LogP contribution in [0.5, 0.6) is 0 Å². The van der Waals surface area contributed by atoms with Crippen molar-refractivity contribution in [2.45, 2.75) is 19.3 Å². The van der Waals surface area contributed by atoms with Crippen molar-refractivity contribution in [1.29, 1.82) is 0 Å². The molecule has 0 heterocycles. The summed E-state index contributed by atoms with van der Waals surface area (Å²) in [5.74, 6) is 3.14. The minimum absolute atomic E-state index is 0.720. The Balaban J connectivity index is 1.92. The normalized spacial score (nSPS) is 17.1. The summed E-state index contributed by atoms with van der Waals surface area (Å²) in [6, 6.07) is 0. The number of rotatable bonds is 2. The molecule has 0 aromatic rings. The van der Waals surface area contributed by atoms with Crippen molar-refractivity contribution in [3.8, 4) is 12.1 Å². The van der Waals surface area contributed by atoms with E-state index in [4.69, 9.17) is 0 Å². The second-order valence-electron chi connectivity index (χ2n) is 2.04. The molecular weight excluding hydrogens is 103 g/mol. The topological polar surface area (TPSA) is 0 Å². The van der Waals surface area contributed by atoms with Gasteiger partial charge in [-0.1, -0.05) is 5.92 Å². The molecule has 0 aromatic carbocycles. The second kappa shape index (κ2) is 2.71. The Morgan fingerprint density at radius 1 is 1.75 bits per heavy atom. The monoisotopic (exact) mass is 111 g/mol. The SMILES string of the molecule is FC#CCCC1[CH]C1. The summed E-state index contributed by atoms with van der Waals surface area (Å²) in [5.41, 5.74) is 0. The van der Waals surface area contributed by atoms with Crippen molar-refractivity contribution in [1.82, 2.24) is 0 Å².